The Kier molecular flexibility index (Phi) is 5.52. The van der Waals surface area contributed by atoms with Crippen molar-refractivity contribution in [1.82, 2.24) is 4.90 Å². The minimum absolute atomic E-state index is 0.275. The molecule has 1 aliphatic rings. The molecule has 5 heteroatoms. The molecule has 0 saturated carbocycles. The van der Waals surface area contributed by atoms with Gasteiger partial charge < -0.3 is 14.4 Å². The molecule has 1 heterocycles. The lowest BCUT2D eigenvalue weighted by atomic mass is 10.1. The molecule has 0 bridgehead atoms. The van der Waals surface area contributed by atoms with Crippen molar-refractivity contribution < 1.29 is 19.1 Å². The molecule has 0 unspecified atom stereocenters. The highest BCUT2D eigenvalue weighted by atomic mass is 16.6. The number of unbranched alkanes of at least 4 members (excludes halogenated alkanes) is 1. The van der Waals surface area contributed by atoms with Gasteiger partial charge in [-0.2, -0.15) is 0 Å². The maximum absolute atomic E-state index is 11.7. The summed E-state index contributed by atoms with van der Waals surface area (Å²) in [5, 5.41) is 0. The molecule has 0 aliphatic carbocycles. The third kappa shape index (κ3) is 4.09. The minimum Gasteiger partial charge on any atom is -0.466 e. The summed E-state index contributed by atoms with van der Waals surface area (Å²) >= 11 is 0. The minimum atomic E-state index is -0.379. The van der Waals surface area contributed by atoms with E-state index < -0.39 is 0 Å². The Morgan fingerprint density at radius 1 is 1.47 bits per heavy atom. The third-order valence-electron chi connectivity index (χ3n) is 2.58. The molecule has 0 aromatic heterocycles. The van der Waals surface area contributed by atoms with Crippen molar-refractivity contribution in [2.24, 2.45) is 0 Å². The van der Waals surface area contributed by atoms with E-state index in [0.29, 0.717) is 25.1 Å². The number of methoxy groups -OCH3 is 1. The fourth-order valence-electron chi connectivity index (χ4n) is 1.57. The first kappa shape index (κ1) is 13.5. The number of amides is 1. The number of carbonyl (C=O) groups is 2. The second-order valence-electron chi connectivity index (χ2n) is 3.90. The fraction of sp³-hybridized carbons (Fsp3) is 0.667. The molecular formula is C12H19NO4. The van der Waals surface area contributed by atoms with Crippen LogP contribution in [0.15, 0.2) is 11.6 Å². The van der Waals surface area contributed by atoms with Crippen LogP contribution in [-0.2, 0) is 14.3 Å². The van der Waals surface area contributed by atoms with E-state index in [2.05, 4.69) is 4.74 Å². The SMILES string of the molecule is CCCCOC(=O)N1CCC=C(C(=O)OC)C1. The number of ether oxygens (including phenoxy) is 2. The molecule has 5 nitrogen and oxygen atoms in total. The first-order valence-electron chi connectivity index (χ1n) is 5.88. The summed E-state index contributed by atoms with van der Waals surface area (Å²) in [4.78, 5) is 24.5. The van der Waals surface area contributed by atoms with Gasteiger partial charge in [-0.25, -0.2) is 9.59 Å². The number of carbonyl (C=O) groups excluding carboxylic acids is 2. The van der Waals surface area contributed by atoms with Crippen molar-refractivity contribution in [3.8, 4) is 0 Å². The standard InChI is InChI=1S/C12H19NO4/c1-3-4-8-17-12(15)13-7-5-6-10(9-13)11(14)16-2/h6H,3-5,7-9H2,1-2H3. The zero-order valence-electron chi connectivity index (χ0n) is 10.4. The summed E-state index contributed by atoms with van der Waals surface area (Å²) in [7, 11) is 1.34. The van der Waals surface area contributed by atoms with E-state index in [9.17, 15) is 9.59 Å². The van der Waals surface area contributed by atoms with Crippen LogP contribution in [0.5, 0.6) is 0 Å². The lowest BCUT2D eigenvalue weighted by Gasteiger charge is -2.25. The third-order valence-corrected chi connectivity index (χ3v) is 2.58. The van der Waals surface area contributed by atoms with Crippen LogP contribution in [0.3, 0.4) is 0 Å². The molecule has 0 aromatic carbocycles. The predicted octanol–water partition coefficient (Wildman–Crippen LogP) is 1.73. The van der Waals surface area contributed by atoms with Crippen LogP contribution in [-0.4, -0.2) is 43.8 Å². The molecule has 1 aliphatic heterocycles. The van der Waals surface area contributed by atoms with Gasteiger partial charge in [-0.05, 0) is 12.8 Å². The van der Waals surface area contributed by atoms with Gasteiger partial charge in [-0.3, -0.25) is 0 Å². The van der Waals surface area contributed by atoms with Gasteiger partial charge in [-0.15, -0.1) is 0 Å². The Balaban J connectivity index is 2.44. The molecule has 0 spiro atoms. The van der Waals surface area contributed by atoms with Crippen LogP contribution >= 0.6 is 0 Å². The summed E-state index contributed by atoms with van der Waals surface area (Å²) in [5.41, 5.74) is 0.520. The van der Waals surface area contributed by atoms with Crippen molar-refractivity contribution in [1.29, 1.82) is 0 Å². The van der Waals surface area contributed by atoms with Crippen LogP contribution in [0.25, 0.3) is 0 Å². The molecular weight excluding hydrogens is 222 g/mol. The molecule has 17 heavy (non-hydrogen) atoms. The van der Waals surface area contributed by atoms with Gasteiger partial charge in [0.2, 0.25) is 0 Å². The monoisotopic (exact) mass is 241 g/mol. The zero-order valence-corrected chi connectivity index (χ0v) is 10.4. The van der Waals surface area contributed by atoms with Crippen LogP contribution in [0.1, 0.15) is 26.2 Å². The first-order valence-corrected chi connectivity index (χ1v) is 5.88. The van der Waals surface area contributed by atoms with Crippen LogP contribution in [0.2, 0.25) is 0 Å². The Bertz CT molecular complexity index is 312. The Hall–Kier alpha value is -1.52. The smallest absolute Gasteiger partial charge is 0.410 e. The largest absolute Gasteiger partial charge is 0.466 e. The van der Waals surface area contributed by atoms with E-state index in [1.165, 1.54) is 12.0 Å². The van der Waals surface area contributed by atoms with E-state index in [4.69, 9.17) is 4.74 Å². The zero-order chi connectivity index (χ0) is 12.7. The van der Waals surface area contributed by atoms with E-state index in [1.54, 1.807) is 0 Å². The summed E-state index contributed by atoms with van der Waals surface area (Å²) < 4.78 is 9.72. The van der Waals surface area contributed by atoms with Crippen molar-refractivity contribution in [2.45, 2.75) is 26.2 Å². The van der Waals surface area contributed by atoms with Gasteiger partial charge in [0.15, 0.2) is 0 Å². The van der Waals surface area contributed by atoms with Crippen LogP contribution in [0, 0.1) is 0 Å². The van der Waals surface area contributed by atoms with Crippen molar-refractivity contribution >= 4 is 12.1 Å². The Morgan fingerprint density at radius 2 is 2.24 bits per heavy atom. The van der Waals surface area contributed by atoms with Gasteiger partial charge in [0.05, 0.1) is 25.8 Å². The Labute approximate surface area is 101 Å². The van der Waals surface area contributed by atoms with Crippen molar-refractivity contribution in [3.63, 3.8) is 0 Å². The summed E-state index contributed by atoms with van der Waals surface area (Å²) in [6.07, 6.45) is 3.96. The predicted molar refractivity (Wildman–Crippen MR) is 62.5 cm³/mol. The first-order chi connectivity index (χ1) is 8.19. The average molecular weight is 241 g/mol. The van der Waals surface area contributed by atoms with Crippen LogP contribution in [0.4, 0.5) is 4.79 Å². The number of hydrogen-bond acceptors (Lipinski definition) is 4. The number of esters is 1. The lowest BCUT2D eigenvalue weighted by molar-refractivity contribution is -0.136. The van der Waals surface area contributed by atoms with Crippen molar-refractivity contribution in [3.05, 3.63) is 11.6 Å². The normalized spacial score (nSPS) is 15.2. The molecule has 0 saturated heterocycles. The summed E-state index contributed by atoms with van der Waals surface area (Å²) in [6, 6.07) is 0. The molecule has 0 atom stereocenters. The van der Waals surface area contributed by atoms with E-state index in [-0.39, 0.29) is 18.6 Å². The van der Waals surface area contributed by atoms with E-state index in [0.717, 1.165) is 12.8 Å². The average Bonchev–Trinajstić information content (AvgIpc) is 2.38. The van der Waals surface area contributed by atoms with E-state index >= 15 is 0 Å². The molecule has 1 amide bonds. The van der Waals surface area contributed by atoms with Gasteiger partial charge in [0.25, 0.3) is 0 Å². The number of hydrogen-bond donors (Lipinski definition) is 0. The summed E-state index contributed by atoms with van der Waals surface area (Å²) in [5.74, 6) is -0.379. The lowest BCUT2D eigenvalue weighted by Crippen LogP contribution is -2.38. The van der Waals surface area contributed by atoms with Gasteiger partial charge >= 0.3 is 12.1 Å². The molecule has 0 aromatic rings. The fourth-order valence-corrected chi connectivity index (χ4v) is 1.57. The maximum atomic E-state index is 11.7. The molecule has 0 fully saturated rings. The highest BCUT2D eigenvalue weighted by molar-refractivity contribution is 5.89. The van der Waals surface area contributed by atoms with Gasteiger partial charge in [0, 0.05) is 6.54 Å². The second-order valence-corrected chi connectivity index (χ2v) is 3.90. The van der Waals surface area contributed by atoms with Gasteiger partial charge in [-0.1, -0.05) is 19.4 Å². The number of rotatable bonds is 4. The molecule has 0 radical (unpaired) electrons. The quantitative estimate of drug-likeness (QED) is 0.555. The van der Waals surface area contributed by atoms with E-state index in [1.807, 2.05) is 13.0 Å². The molecule has 96 valence electrons. The van der Waals surface area contributed by atoms with Gasteiger partial charge in [0.1, 0.15) is 0 Å². The Morgan fingerprint density at radius 3 is 2.88 bits per heavy atom. The maximum Gasteiger partial charge on any atom is 0.410 e. The second kappa shape index (κ2) is 6.93. The molecule has 0 N–H and O–H groups in total. The highest BCUT2D eigenvalue weighted by Crippen LogP contribution is 2.12. The topological polar surface area (TPSA) is 55.8 Å². The van der Waals surface area contributed by atoms with Crippen LogP contribution < -0.4 is 0 Å². The van der Waals surface area contributed by atoms with Crippen molar-refractivity contribution in [2.75, 3.05) is 26.8 Å². The molecule has 1 rings (SSSR count). The highest BCUT2D eigenvalue weighted by Gasteiger charge is 2.23. The summed E-state index contributed by atoms with van der Waals surface area (Å²) in [6.45, 7) is 3.33. The number of nitrogens with zero attached hydrogens (tertiary/aromatic N) is 1.